The Morgan fingerprint density at radius 3 is 2.05 bits per heavy atom. The summed E-state index contributed by atoms with van der Waals surface area (Å²) < 4.78 is 24.5. The van der Waals surface area contributed by atoms with Crippen molar-refractivity contribution in [3.8, 4) is 0 Å². The summed E-state index contributed by atoms with van der Waals surface area (Å²) in [5.74, 6) is 0. The standard InChI is InChI=1S/C17H16O2S/c1-15(9-8-12-16-10-4-2-5-11-16)20(18,19)17-13-6-3-7-14-17/h2-14H,1H3/b12-8+,15-9+. The van der Waals surface area contributed by atoms with Crippen molar-refractivity contribution >= 4 is 15.9 Å². The molecule has 0 fully saturated rings. The molecule has 0 atom stereocenters. The normalized spacial score (nSPS) is 12.8. The third-order valence-electron chi connectivity index (χ3n) is 2.90. The molecule has 0 aliphatic carbocycles. The number of rotatable bonds is 4. The summed E-state index contributed by atoms with van der Waals surface area (Å²) in [5, 5.41) is 0. The molecule has 0 saturated heterocycles. The highest BCUT2D eigenvalue weighted by atomic mass is 32.2. The van der Waals surface area contributed by atoms with Gasteiger partial charge in [-0.3, -0.25) is 0 Å². The summed E-state index contributed by atoms with van der Waals surface area (Å²) in [7, 11) is -3.38. The Morgan fingerprint density at radius 2 is 1.45 bits per heavy atom. The molecule has 2 nitrogen and oxygen atoms in total. The highest BCUT2D eigenvalue weighted by Gasteiger charge is 2.15. The van der Waals surface area contributed by atoms with E-state index in [2.05, 4.69) is 0 Å². The van der Waals surface area contributed by atoms with Gasteiger partial charge in [-0.05, 0) is 30.7 Å². The molecule has 3 heteroatoms. The topological polar surface area (TPSA) is 34.1 Å². The molecule has 0 spiro atoms. The van der Waals surface area contributed by atoms with Gasteiger partial charge in [0.15, 0.2) is 0 Å². The summed E-state index contributed by atoms with van der Waals surface area (Å²) in [4.78, 5) is 0.651. The zero-order valence-corrected chi connectivity index (χ0v) is 12.0. The Morgan fingerprint density at radius 1 is 0.900 bits per heavy atom. The summed E-state index contributed by atoms with van der Waals surface area (Å²) in [5.41, 5.74) is 1.04. The van der Waals surface area contributed by atoms with Gasteiger partial charge >= 0.3 is 0 Å². The molecule has 0 aromatic heterocycles. The summed E-state index contributed by atoms with van der Waals surface area (Å²) in [6, 6.07) is 18.2. The minimum absolute atomic E-state index is 0.321. The fourth-order valence-electron chi connectivity index (χ4n) is 1.73. The fourth-order valence-corrected chi connectivity index (χ4v) is 2.88. The molecule has 0 radical (unpaired) electrons. The van der Waals surface area contributed by atoms with Crippen molar-refractivity contribution in [2.75, 3.05) is 0 Å². The van der Waals surface area contributed by atoms with Crippen LogP contribution in [0.1, 0.15) is 12.5 Å². The van der Waals surface area contributed by atoms with Gasteiger partial charge in [-0.15, -0.1) is 0 Å². The Bertz CT molecular complexity index is 712. The zero-order valence-electron chi connectivity index (χ0n) is 11.2. The fraction of sp³-hybridized carbons (Fsp3) is 0.0588. The minimum atomic E-state index is -3.38. The first-order valence-corrected chi connectivity index (χ1v) is 7.79. The lowest BCUT2D eigenvalue weighted by atomic mass is 10.2. The molecule has 2 aromatic carbocycles. The van der Waals surface area contributed by atoms with Crippen molar-refractivity contribution in [1.82, 2.24) is 0 Å². The van der Waals surface area contributed by atoms with Gasteiger partial charge in [0.25, 0.3) is 0 Å². The maximum atomic E-state index is 12.3. The van der Waals surface area contributed by atoms with E-state index in [1.807, 2.05) is 36.4 Å². The zero-order chi connectivity index (χ0) is 14.4. The predicted molar refractivity (Wildman–Crippen MR) is 82.9 cm³/mol. The van der Waals surface area contributed by atoms with E-state index >= 15 is 0 Å². The van der Waals surface area contributed by atoms with E-state index in [0.717, 1.165) is 5.56 Å². The van der Waals surface area contributed by atoms with Crippen LogP contribution in [-0.4, -0.2) is 8.42 Å². The van der Waals surface area contributed by atoms with Crippen LogP contribution in [0.2, 0.25) is 0 Å². The quantitative estimate of drug-likeness (QED) is 0.793. The SMILES string of the molecule is C/C(=C\C=C\c1ccccc1)S(=O)(=O)c1ccccc1. The van der Waals surface area contributed by atoms with Gasteiger partial charge in [-0.1, -0.05) is 60.7 Å². The average Bonchev–Trinajstić information content (AvgIpc) is 2.49. The molecule has 0 aliphatic rings. The van der Waals surface area contributed by atoms with Crippen LogP contribution in [0, 0.1) is 0 Å². The van der Waals surface area contributed by atoms with Crippen LogP contribution in [0.3, 0.4) is 0 Å². The van der Waals surface area contributed by atoms with Crippen LogP contribution >= 0.6 is 0 Å². The number of benzene rings is 2. The van der Waals surface area contributed by atoms with Crippen molar-refractivity contribution in [3.05, 3.63) is 83.3 Å². The molecule has 0 bridgehead atoms. The molecular formula is C17H16O2S. The van der Waals surface area contributed by atoms with E-state index in [4.69, 9.17) is 0 Å². The predicted octanol–water partition coefficient (Wildman–Crippen LogP) is 4.08. The van der Waals surface area contributed by atoms with Gasteiger partial charge in [-0.25, -0.2) is 8.42 Å². The van der Waals surface area contributed by atoms with Crippen LogP contribution in [0.4, 0.5) is 0 Å². The molecular weight excluding hydrogens is 268 g/mol. The van der Waals surface area contributed by atoms with Gasteiger partial charge in [0.05, 0.1) is 4.90 Å². The van der Waals surface area contributed by atoms with Crippen molar-refractivity contribution < 1.29 is 8.42 Å². The summed E-state index contributed by atoms with van der Waals surface area (Å²) >= 11 is 0. The third kappa shape index (κ3) is 3.45. The van der Waals surface area contributed by atoms with Gasteiger partial charge in [-0.2, -0.15) is 0 Å². The maximum absolute atomic E-state index is 12.3. The smallest absolute Gasteiger partial charge is 0.202 e. The van der Waals surface area contributed by atoms with Crippen molar-refractivity contribution in [2.24, 2.45) is 0 Å². The molecule has 0 N–H and O–H groups in total. The first-order valence-electron chi connectivity index (χ1n) is 6.31. The lowest BCUT2D eigenvalue weighted by molar-refractivity contribution is 0.602. The Hall–Kier alpha value is -2.13. The van der Waals surface area contributed by atoms with Crippen molar-refractivity contribution in [1.29, 1.82) is 0 Å². The molecule has 0 amide bonds. The first-order chi connectivity index (χ1) is 9.60. The lowest BCUT2D eigenvalue weighted by Gasteiger charge is -2.03. The second kappa shape index (κ2) is 6.35. The number of hydrogen-bond acceptors (Lipinski definition) is 2. The number of allylic oxidation sites excluding steroid dienone is 3. The average molecular weight is 284 g/mol. The number of hydrogen-bond donors (Lipinski definition) is 0. The van der Waals surface area contributed by atoms with E-state index in [1.54, 1.807) is 49.4 Å². The molecule has 0 heterocycles. The third-order valence-corrected chi connectivity index (χ3v) is 4.77. The second-order valence-electron chi connectivity index (χ2n) is 4.36. The highest BCUT2D eigenvalue weighted by molar-refractivity contribution is 7.95. The molecule has 102 valence electrons. The first kappa shape index (κ1) is 14.3. The number of sulfone groups is 1. The largest absolute Gasteiger partial charge is 0.219 e. The summed E-state index contributed by atoms with van der Waals surface area (Å²) in [6.45, 7) is 1.61. The molecule has 2 rings (SSSR count). The lowest BCUT2D eigenvalue weighted by Crippen LogP contribution is -2.01. The van der Waals surface area contributed by atoms with E-state index in [0.29, 0.717) is 9.80 Å². The van der Waals surface area contributed by atoms with E-state index in [-0.39, 0.29) is 0 Å². The molecule has 20 heavy (non-hydrogen) atoms. The Labute approximate surface area is 120 Å². The van der Waals surface area contributed by atoms with Crippen LogP contribution < -0.4 is 0 Å². The Kier molecular flexibility index (Phi) is 4.53. The van der Waals surface area contributed by atoms with Crippen LogP contribution in [0.15, 0.2) is 82.6 Å². The summed E-state index contributed by atoms with van der Waals surface area (Å²) in [6.07, 6.45) is 5.25. The van der Waals surface area contributed by atoms with E-state index in [1.165, 1.54) is 0 Å². The highest BCUT2D eigenvalue weighted by Crippen LogP contribution is 2.18. The van der Waals surface area contributed by atoms with Gasteiger partial charge in [0, 0.05) is 4.91 Å². The van der Waals surface area contributed by atoms with Gasteiger partial charge < -0.3 is 0 Å². The van der Waals surface area contributed by atoms with Crippen LogP contribution in [-0.2, 0) is 9.84 Å². The van der Waals surface area contributed by atoms with Crippen LogP contribution in [0.25, 0.3) is 6.08 Å². The van der Waals surface area contributed by atoms with Gasteiger partial charge in [0.1, 0.15) is 0 Å². The Balaban J connectivity index is 2.21. The van der Waals surface area contributed by atoms with Crippen molar-refractivity contribution in [2.45, 2.75) is 11.8 Å². The van der Waals surface area contributed by atoms with E-state index < -0.39 is 9.84 Å². The second-order valence-corrected chi connectivity index (χ2v) is 6.49. The molecule has 0 unspecified atom stereocenters. The van der Waals surface area contributed by atoms with Crippen LogP contribution in [0.5, 0.6) is 0 Å². The molecule has 0 saturated carbocycles. The van der Waals surface area contributed by atoms with E-state index in [9.17, 15) is 8.42 Å². The van der Waals surface area contributed by atoms with Crippen molar-refractivity contribution in [3.63, 3.8) is 0 Å². The molecule has 2 aromatic rings. The molecule has 0 aliphatic heterocycles. The maximum Gasteiger partial charge on any atom is 0.202 e. The minimum Gasteiger partial charge on any atom is -0.219 e. The monoisotopic (exact) mass is 284 g/mol. The van der Waals surface area contributed by atoms with Gasteiger partial charge in [0.2, 0.25) is 9.84 Å².